The van der Waals surface area contributed by atoms with Crippen molar-refractivity contribution in [1.82, 2.24) is 19.4 Å². The molecule has 0 saturated carbocycles. The van der Waals surface area contributed by atoms with Gasteiger partial charge in [0.2, 0.25) is 0 Å². The first-order valence-electron chi connectivity index (χ1n) is 9.88. The van der Waals surface area contributed by atoms with Crippen molar-refractivity contribution in [3.63, 3.8) is 0 Å². The second kappa shape index (κ2) is 6.78. The maximum Gasteiger partial charge on any atom is 0.253 e. The molecule has 6 heteroatoms. The molecule has 1 fully saturated rings. The summed E-state index contributed by atoms with van der Waals surface area (Å²) in [5, 5.41) is 11.2. The minimum Gasteiger partial charge on any atom is -0.346 e. The van der Waals surface area contributed by atoms with Crippen LogP contribution in [0.15, 0.2) is 55.0 Å². The van der Waals surface area contributed by atoms with Gasteiger partial charge in [-0.3, -0.25) is 4.79 Å². The Kier molecular flexibility index (Phi) is 4.09. The molecule has 1 aliphatic rings. The quantitative estimate of drug-likeness (QED) is 0.566. The molecule has 0 unspecified atom stereocenters. The molecular formula is C23H21N5O. The lowest BCUT2D eigenvalue weighted by Crippen LogP contribution is -2.43. The first-order valence-corrected chi connectivity index (χ1v) is 9.88. The molecule has 4 heterocycles. The van der Waals surface area contributed by atoms with Crippen molar-refractivity contribution in [2.45, 2.75) is 19.4 Å². The van der Waals surface area contributed by atoms with E-state index < -0.39 is 0 Å². The summed E-state index contributed by atoms with van der Waals surface area (Å²) in [6, 6.07) is 13.3. The van der Waals surface area contributed by atoms with Crippen LogP contribution in [0, 0.1) is 17.2 Å². The van der Waals surface area contributed by atoms with Gasteiger partial charge in [0, 0.05) is 48.0 Å². The number of piperidine rings is 1. The van der Waals surface area contributed by atoms with Gasteiger partial charge in [0.25, 0.3) is 5.91 Å². The van der Waals surface area contributed by atoms with E-state index >= 15 is 0 Å². The number of benzene rings is 1. The normalized spacial score (nSPS) is 19.5. The van der Waals surface area contributed by atoms with Crippen LogP contribution in [-0.2, 0) is 0 Å². The Balaban J connectivity index is 1.49. The van der Waals surface area contributed by atoms with Crippen molar-refractivity contribution in [2.75, 3.05) is 13.1 Å². The van der Waals surface area contributed by atoms with Gasteiger partial charge in [-0.05, 0) is 48.7 Å². The van der Waals surface area contributed by atoms with Crippen LogP contribution < -0.4 is 0 Å². The lowest BCUT2D eigenvalue weighted by atomic mass is 9.92. The van der Waals surface area contributed by atoms with Gasteiger partial charge in [0.15, 0.2) is 0 Å². The number of H-pyrrole nitrogens is 1. The van der Waals surface area contributed by atoms with Crippen molar-refractivity contribution in [2.24, 2.45) is 5.92 Å². The zero-order valence-corrected chi connectivity index (χ0v) is 16.2. The van der Waals surface area contributed by atoms with Crippen LogP contribution in [0.5, 0.6) is 0 Å². The van der Waals surface area contributed by atoms with E-state index in [9.17, 15) is 4.79 Å². The van der Waals surface area contributed by atoms with Crippen LogP contribution in [0.25, 0.3) is 21.9 Å². The van der Waals surface area contributed by atoms with Gasteiger partial charge in [-0.2, -0.15) is 5.26 Å². The van der Waals surface area contributed by atoms with Crippen molar-refractivity contribution in [3.05, 3.63) is 66.1 Å². The van der Waals surface area contributed by atoms with Crippen LogP contribution in [0.3, 0.4) is 0 Å². The van der Waals surface area contributed by atoms with E-state index in [1.807, 2.05) is 17.3 Å². The molecule has 6 nitrogen and oxygen atoms in total. The molecule has 2 atom stereocenters. The highest BCUT2D eigenvalue weighted by atomic mass is 16.2. The minimum atomic E-state index is 0.0244. The van der Waals surface area contributed by atoms with Gasteiger partial charge >= 0.3 is 0 Å². The van der Waals surface area contributed by atoms with E-state index in [-0.39, 0.29) is 11.9 Å². The minimum absolute atomic E-state index is 0.0244. The van der Waals surface area contributed by atoms with Gasteiger partial charge in [-0.15, -0.1) is 0 Å². The number of hydrogen-bond acceptors (Lipinski definition) is 3. The summed E-state index contributed by atoms with van der Waals surface area (Å²) in [6.07, 6.45) is 6.89. The Bertz CT molecular complexity index is 1240. The molecule has 1 aromatic carbocycles. The number of nitrogens with one attached hydrogen (secondary N) is 1. The van der Waals surface area contributed by atoms with Crippen LogP contribution in [0.4, 0.5) is 0 Å². The highest BCUT2D eigenvalue weighted by Gasteiger charge is 2.31. The van der Waals surface area contributed by atoms with Crippen molar-refractivity contribution in [1.29, 1.82) is 5.26 Å². The first-order chi connectivity index (χ1) is 14.2. The monoisotopic (exact) mass is 383 g/mol. The third kappa shape index (κ3) is 2.87. The molecule has 144 valence electrons. The van der Waals surface area contributed by atoms with E-state index in [2.05, 4.69) is 45.9 Å². The molecule has 5 rings (SSSR count). The fourth-order valence-electron chi connectivity index (χ4n) is 4.40. The fraction of sp³-hybridized carbons (Fsp3) is 0.261. The SMILES string of the molecule is C[C@@H]1CCN(C(=O)c2ccc(C#N)cc2)C[C@@H]1n1ccc2cnc3[nH]ccc3c21. The molecule has 4 aromatic rings. The molecule has 0 aliphatic carbocycles. The Hall–Kier alpha value is -3.59. The van der Waals surface area contributed by atoms with Gasteiger partial charge in [-0.1, -0.05) is 6.92 Å². The zero-order chi connectivity index (χ0) is 20.0. The number of aromatic nitrogens is 3. The number of hydrogen-bond donors (Lipinski definition) is 1. The fourth-order valence-corrected chi connectivity index (χ4v) is 4.40. The molecule has 1 saturated heterocycles. The van der Waals surface area contributed by atoms with Crippen LogP contribution in [0.1, 0.15) is 35.3 Å². The van der Waals surface area contributed by atoms with Crippen LogP contribution >= 0.6 is 0 Å². The van der Waals surface area contributed by atoms with Crippen molar-refractivity contribution < 1.29 is 4.79 Å². The number of likely N-dealkylation sites (tertiary alicyclic amines) is 1. The molecule has 0 spiro atoms. The van der Waals surface area contributed by atoms with Gasteiger partial charge in [0.1, 0.15) is 5.65 Å². The van der Waals surface area contributed by atoms with Crippen LogP contribution in [0.2, 0.25) is 0 Å². The topological polar surface area (TPSA) is 77.7 Å². The highest BCUT2D eigenvalue weighted by Crippen LogP contribution is 2.34. The van der Waals surface area contributed by atoms with Gasteiger partial charge in [0.05, 0.1) is 23.2 Å². The molecule has 0 radical (unpaired) electrons. The largest absolute Gasteiger partial charge is 0.346 e. The summed E-state index contributed by atoms with van der Waals surface area (Å²) >= 11 is 0. The Labute approximate surface area is 168 Å². The number of carbonyl (C=O) groups is 1. The molecule has 3 aromatic heterocycles. The summed E-state index contributed by atoms with van der Waals surface area (Å²) in [4.78, 5) is 22.7. The molecule has 0 bridgehead atoms. The maximum atomic E-state index is 13.1. The lowest BCUT2D eigenvalue weighted by molar-refractivity contribution is 0.0625. The van der Waals surface area contributed by atoms with E-state index in [1.165, 1.54) is 5.52 Å². The number of carbonyl (C=O) groups excluding carboxylic acids is 1. The maximum absolute atomic E-state index is 13.1. The summed E-state index contributed by atoms with van der Waals surface area (Å²) in [5.74, 6) is 0.481. The second-order valence-electron chi connectivity index (χ2n) is 7.80. The number of nitriles is 1. The average Bonchev–Trinajstić information content (AvgIpc) is 3.40. The summed E-state index contributed by atoms with van der Waals surface area (Å²) < 4.78 is 2.32. The summed E-state index contributed by atoms with van der Waals surface area (Å²) in [5.41, 5.74) is 3.24. The average molecular weight is 383 g/mol. The van der Waals surface area contributed by atoms with Gasteiger partial charge in [-0.25, -0.2) is 4.98 Å². The zero-order valence-electron chi connectivity index (χ0n) is 16.2. The van der Waals surface area contributed by atoms with E-state index in [1.54, 1.807) is 24.3 Å². The smallest absolute Gasteiger partial charge is 0.253 e. The Morgan fingerprint density at radius 2 is 2.07 bits per heavy atom. The predicted molar refractivity (Wildman–Crippen MR) is 111 cm³/mol. The number of aromatic amines is 1. The third-order valence-corrected chi connectivity index (χ3v) is 6.08. The second-order valence-corrected chi connectivity index (χ2v) is 7.80. The van der Waals surface area contributed by atoms with E-state index in [4.69, 9.17) is 5.26 Å². The number of fused-ring (bicyclic) bond motifs is 3. The molecule has 1 amide bonds. The molecular weight excluding hydrogens is 362 g/mol. The van der Waals surface area contributed by atoms with E-state index in [0.717, 1.165) is 29.4 Å². The number of amides is 1. The first kappa shape index (κ1) is 17.5. The predicted octanol–water partition coefficient (Wildman–Crippen LogP) is 4.11. The molecule has 29 heavy (non-hydrogen) atoms. The van der Waals surface area contributed by atoms with Crippen molar-refractivity contribution in [3.8, 4) is 6.07 Å². The number of rotatable bonds is 2. The Morgan fingerprint density at radius 3 is 2.86 bits per heavy atom. The highest BCUT2D eigenvalue weighted by molar-refractivity contribution is 6.02. The number of nitrogens with zero attached hydrogens (tertiary/aromatic N) is 4. The Morgan fingerprint density at radius 1 is 1.24 bits per heavy atom. The van der Waals surface area contributed by atoms with Crippen molar-refractivity contribution >= 4 is 27.8 Å². The molecule has 1 aliphatic heterocycles. The number of pyridine rings is 1. The standard InChI is InChI=1S/C23H21N5O/c1-15-7-10-27(23(29)17-4-2-16(12-24)3-5-17)14-20(15)28-11-8-18-13-26-22-19(21(18)28)6-9-25-22/h2-6,8-9,11,13,15,20H,7,10,14H2,1H3,(H,25,26)/t15-,20+/m1/s1. The third-order valence-electron chi connectivity index (χ3n) is 6.08. The summed E-state index contributed by atoms with van der Waals surface area (Å²) in [6.45, 7) is 3.67. The van der Waals surface area contributed by atoms with Crippen LogP contribution in [-0.4, -0.2) is 38.4 Å². The summed E-state index contributed by atoms with van der Waals surface area (Å²) in [7, 11) is 0. The van der Waals surface area contributed by atoms with E-state index in [0.29, 0.717) is 23.6 Å². The van der Waals surface area contributed by atoms with Gasteiger partial charge < -0.3 is 14.5 Å². The molecule has 1 N–H and O–H groups in total. The lowest BCUT2D eigenvalue weighted by Gasteiger charge is -2.38.